The van der Waals surface area contributed by atoms with E-state index in [-0.39, 0.29) is 6.54 Å². The lowest BCUT2D eigenvalue weighted by Gasteiger charge is -2.02. The SMILES string of the molecule is O=C(NCc1cn(Cc2ccccc2)nn1)C(=O)c1c[nH]c2ccccc12. The van der Waals surface area contributed by atoms with Crippen molar-refractivity contribution in [1.29, 1.82) is 0 Å². The fraction of sp³-hybridized carbons (Fsp3) is 0.100. The standard InChI is InChI=1S/C20H17N5O2/c26-19(17-11-21-18-9-5-4-8-16(17)18)20(27)22-10-15-13-25(24-23-15)12-14-6-2-1-3-7-14/h1-9,11,13,21H,10,12H2,(H,22,27). The lowest BCUT2D eigenvalue weighted by atomic mass is 10.1. The zero-order valence-electron chi connectivity index (χ0n) is 14.4. The molecule has 2 N–H and O–H groups in total. The molecule has 0 radical (unpaired) electrons. The van der Waals surface area contributed by atoms with Gasteiger partial charge in [-0.05, 0) is 11.6 Å². The molecule has 0 saturated heterocycles. The highest BCUT2D eigenvalue weighted by atomic mass is 16.2. The fourth-order valence-electron chi connectivity index (χ4n) is 2.90. The number of para-hydroxylation sites is 1. The van der Waals surface area contributed by atoms with Gasteiger partial charge >= 0.3 is 0 Å². The number of carbonyl (C=O) groups is 2. The summed E-state index contributed by atoms with van der Waals surface area (Å²) >= 11 is 0. The van der Waals surface area contributed by atoms with Crippen LogP contribution in [0, 0.1) is 0 Å². The molecule has 0 unspecified atom stereocenters. The predicted octanol–water partition coefficient (Wildman–Crippen LogP) is 2.31. The molecule has 27 heavy (non-hydrogen) atoms. The number of aromatic amines is 1. The first-order valence-electron chi connectivity index (χ1n) is 8.52. The van der Waals surface area contributed by atoms with Crippen molar-refractivity contribution in [2.45, 2.75) is 13.1 Å². The second kappa shape index (κ2) is 7.25. The van der Waals surface area contributed by atoms with E-state index in [1.807, 2.05) is 54.6 Å². The van der Waals surface area contributed by atoms with Gasteiger partial charge in [0.25, 0.3) is 11.7 Å². The summed E-state index contributed by atoms with van der Waals surface area (Å²) in [6, 6.07) is 17.2. The average Bonchev–Trinajstić information content (AvgIpc) is 3.33. The Morgan fingerprint density at radius 2 is 1.81 bits per heavy atom. The molecule has 0 spiro atoms. The van der Waals surface area contributed by atoms with Crippen molar-refractivity contribution in [1.82, 2.24) is 25.3 Å². The number of amides is 1. The van der Waals surface area contributed by atoms with Crippen molar-refractivity contribution in [2.24, 2.45) is 0 Å². The lowest BCUT2D eigenvalue weighted by molar-refractivity contribution is -0.117. The number of benzene rings is 2. The van der Waals surface area contributed by atoms with Gasteiger partial charge in [0, 0.05) is 17.1 Å². The number of hydrogen-bond acceptors (Lipinski definition) is 4. The molecule has 7 nitrogen and oxygen atoms in total. The van der Waals surface area contributed by atoms with Gasteiger partial charge in [-0.25, -0.2) is 4.68 Å². The first-order valence-corrected chi connectivity index (χ1v) is 8.52. The molecule has 0 saturated carbocycles. The summed E-state index contributed by atoms with van der Waals surface area (Å²) in [6.07, 6.45) is 3.31. The minimum Gasteiger partial charge on any atom is -0.360 e. The maximum Gasteiger partial charge on any atom is 0.292 e. The lowest BCUT2D eigenvalue weighted by Crippen LogP contribution is -2.30. The van der Waals surface area contributed by atoms with Crippen molar-refractivity contribution in [3.63, 3.8) is 0 Å². The zero-order chi connectivity index (χ0) is 18.6. The number of aromatic nitrogens is 4. The van der Waals surface area contributed by atoms with Crippen LogP contribution in [0.25, 0.3) is 10.9 Å². The van der Waals surface area contributed by atoms with Gasteiger partial charge < -0.3 is 10.3 Å². The number of rotatable bonds is 6. The number of H-pyrrole nitrogens is 1. The monoisotopic (exact) mass is 359 g/mol. The Balaban J connectivity index is 1.38. The average molecular weight is 359 g/mol. The third-order valence-electron chi connectivity index (χ3n) is 4.24. The second-order valence-corrected chi connectivity index (χ2v) is 6.15. The molecule has 4 rings (SSSR count). The predicted molar refractivity (Wildman–Crippen MR) is 100 cm³/mol. The van der Waals surface area contributed by atoms with Crippen molar-refractivity contribution in [3.8, 4) is 0 Å². The van der Waals surface area contributed by atoms with E-state index in [1.165, 1.54) is 0 Å². The summed E-state index contributed by atoms with van der Waals surface area (Å²) in [5.74, 6) is -1.25. The van der Waals surface area contributed by atoms with Crippen LogP contribution in [-0.4, -0.2) is 31.7 Å². The maximum atomic E-state index is 12.4. The Morgan fingerprint density at radius 1 is 1.04 bits per heavy atom. The van der Waals surface area contributed by atoms with Crippen LogP contribution in [0.15, 0.2) is 67.0 Å². The van der Waals surface area contributed by atoms with Crippen LogP contribution in [0.3, 0.4) is 0 Å². The number of ketones is 1. The summed E-state index contributed by atoms with van der Waals surface area (Å²) < 4.78 is 1.69. The van der Waals surface area contributed by atoms with Crippen LogP contribution < -0.4 is 5.32 Å². The highest BCUT2D eigenvalue weighted by Gasteiger charge is 2.19. The van der Waals surface area contributed by atoms with E-state index >= 15 is 0 Å². The van der Waals surface area contributed by atoms with Crippen LogP contribution in [0.4, 0.5) is 0 Å². The van der Waals surface area contributed by atoms with Gasteiger partial charge in [-0.1, -0.05) is 53.7 Å². The Labute approximate surface area is 155 Å². The molecule has 0 aliphatic rings. The van der Waals surface area contributed by atoms with Crippen LogP contribution >= 0.6 is 0 Å². The molecule has 0 aliphatic carbocycles. The Kier molecular flexibility index (Phi) is 4.49. The van der Waals surface area contributed by atoms with Gasteiger partial charge in [-0.15, -0.1) is 5.10 Å². The third kappa shape index (κ3) is 3.62. The topological polar surface area (TPSA) is 92.7 Å². The van der Waals surface area contributed by atoms with E-state index in [0.29, 0.717) is 17.8 Å². The number of Topliss-reactive ketones (excluding diaryl/α,β-unsaturated/α-hetero) is 1. The van der Waals surface area contributed by atoms with Gasteiger partial charge in [-0.2, -0.15) is 0 Å². The molecule has 134 valence electrons. The summed E-state index contributed by atoms with van der Waals surface area (Å²) in [4.78, 5) is 27.6. The fourth-order valence-corrected chi connectivity index (χ4v) is 2.90. The van der Waals surface area contributed by atoms with Gasteiger partial charge in [0.05, 0.1) is 24.8 Å². The molecule has 2 aromatic carbocycles. The highest BCUT2D eigenvalue weighted by Crippen LogP contribution is 2.18. The van der Waals surface area contributed by atoms with Crippen LogP contribution in [-0.2, 0) is 17.9 Å². The third-order valence-corrected chi connectivity index (χ3v) is 4.24. The first-order chi connectivity index (χ1) is 13.2. The molecular formula is C20H17N5O2. The molecule has 0 fully saturated rings. The van der Waals surface area contributed by atoms with Gasteiger partial charge in [0.2, 0.25) is 0 Å². The number of hydrogen-bond donors (Lipinski definition) is 2. The quantitative estimate of drug-likeness (QED) is 0.408. The molecule has 0 aliphatic heterocycles. The molecule has 0 atom stereocenters. The van der Waals surface area contributed by atoms with Crippen LogP contribution in [0.1, 0.15) is 21.6 Å². The largest absolute Gasteiger partial charge is 0.360 e. The highest BCUT2D eigenvalue weighted by molar-refractivity contribution is 6.44. The summed E-state index contributed by atoms with van der Waals surface area (Å²) in [6.45, 7) is 0.734. The molecule has 2 aromatic heterocycles. The number of carbonyl (C=O) groups excluding carboxylic acids is 2. The number of nitrogens with one attached hydrogen (secondary N) is 2. The minimum absolute atomic E-state index is 0.141. The Morgan fingerprint density at radius 3 is 2.67 bits per heavy atom. The van der Waals surface area contributed by atoms with E-state index in [4.69, 9.17) is 0 Å². The second-order valence-electron chi connectivity index (χ2n) is 6.15. The van der Waals surface area contributed by atoms with Crippen molar-refractivity contribution < 1.29 is 9.59 Å². The Hall–Kier alpha value is -3.74. The van der Waals surface area contributed by atoms with E-state index in [1.54, 1.807) is 17.1 Å². The van der Waals surface area contributed by atoms with Crippen LogP contribution in [0.5, 0.6) is 0 Å². The van der Waals surface area contributed by atoms with Gasteiger partial charge in [0.1, 0.15) is 5.69 Å². The van der Waals surface area contributed by atoms with Gasteiger partial charge in [0.15, 0.2) is 0 Å². The van der Waals surface area contributed by atoms with E-state index in [2.05, 4.69) is 20.6 Å². The number of nitrogens with zero attached hydrogens (tertiary/aromatic N) is 3. The molecule has 2 heterocycles. The first kappa shape index (κ1) is 16.7. The zero-order valence-corrected chi connectivity index (χ0v) is 14.4. The van der Waals surface area contributed by atoms with Crippen molar-refractivity contribution in [3.05, 3.63) is 83.8 Å². The Bertz CT molecular complexity index is 1100. The van der Waals surface area contributed by atoms with Crippen molar-refractivity contribution in [2.75, 3.05) is 0 Å². The summed E-state index contributed by atoms with van der Waals surface area (Å²) in [5, 5.41) is 11.4. The van der Waals surface area contributed by atoms with Crippen molar-refractivity contribution >= 4 is 22.6 Å². The molecular weight excluding hydrogens is 342 g/mol. The van der Waals surface area contributed by atoms with E-state index in [0.717, 1.165) is 16.5 Å². The molecule has 7 heteroatoms. The smallest absolute Gasteiger partial charge is 0.292 e. The minimum atomic E-state index is -0.669. The summed E-state index contributed by atoms with van der Waals surface area (Å²) in [5.41, 5.74) is 2.87. The van der Waals surface area contributed by atoms with E-state index in [9.17, 15) is 9.59 Å². The normalized spacial score (nSPS) is 10.8. The van der Waals surface area contributed by atoms with E-state index < -0.39 is 11.7 Å². The maximum absolute atomic E-state index is 12.4. The van der Waals surface area contributed by atoms with Crippen LogP contribution in [0.2, 0.25) is 0 Å². The summed E-state index contributed by atoms with van der Waals surface area (Å²) in [7, 11) is 0. The molecule has 4 aromatic rings. The number of fused-ring (bicyclic) bond motifs is 1. The molecule has 0 bridgehead atoms. The molecule has 1 amide bonds. The van der Waals surface area contributed by atoms with Gasteiger partial charge in [-0.3, -0.25) is 9.59 Å².